The van der Waals surface area contributed by atoms with E-state index < -0.39 is 12.0 Å². The molecular formula is C18H24N4O3S. The number of carboxylic acid groups (broad SMARTS) is 1. The zero-order valence-electron chi connectivity index (χ0n) is 15.0. The first-order valence-corrected chi connectivity index (χ1v) is 9.80. The van der Waals surface area contributed by atoms with Crippen LogP contribution in [-0.4, -0.2) is 46.1 Å². The highest BCUT2D eigenvalue weighted by molar-refractivity contribution is 7.16. The van der Waals surface area contributed by atoms with Gasteiger partial charge in [0.1, 0.15) is 23.0 Å². The Kier molecular flexibility index (Phi) is 5.70. The van der Waals surface area contributed by atoms with Crippen molar-refractivity contribution in [3.8, 4) is 0 Å². The Hall–Kier alpha value is -2.22. The molecule has 1 saturated heterocycles. The molecule has 0 aliphatic carbocycles. The van der Waals surface area contributed by atoms with E-state index in [0.717, 1.165) is 35.4 Å². The number of aliphatic carboxylic acids is 1. The third-order valence-electron chi connectivity index (χ3n) is 4.65. The third-order valence-corrected chi connectivity index (χ3v) is 5.47. The van der Waals surface area contributed by atoms with Crippen LogP contribution in [-0.2, 0) is 9.59 Å². The standard InChI is InChI=1S/C18H24N4O3S/c1-11(2)8-14(18(24)25)21-16(23)12-4-3-6-22(9-12)15-13-5-7-26-17(13)20-10-19-15/h5,7,10-12,14H,3-4,6,8-9H2,1-2H3,(H,21,23)(H,24,25)/t12?,14-/m1/s1. The van der Waals surface area contributed by atoms with Gasteiger partial charge < -0.3 is 15.3 Å². The maximum Gasteiger partial charge on any atom is 0.326 e. The number of carboxylic acids is 1. The Bertz CT molecular complexity index is 792. The van der Waals surface area contributed by atoms with E-state index in [4.69, 9.17) is 0 Å². The maximum absolute atomic E-state index is 12.7. The quantitative estimate of drug-likeness (QED) is 0.804. The van der Waals surface area contributed by atoms with Gasteiger partial charge in [0.25, 0.3) is 0 Å². The number of fused-ring (bicyclic) bond motifs is 1. The van der Waals surface area contributed by atoms with Crippen molar-refractivity contribution < 1.29 is 14.7 Å². The van der Waals surface area contributed by atoms with Gasteiger partial charge in [0.05, 0.1) is 11.3 Å². The van der Waals surface area contributed by atoms with Crippen molar-refractivity contribution in [2.45, 2.75) is 39.2 Å². The molecule has 1 fully saturated rings. The van der Waals surface area contributed by atoms with Crippen LogP contribution < -0.4 is 10.2 Å². The Morgan fingerprint density at radius 3 is 2.96 bits per heavy atom. The molecule has 1 aliphatic rings. The first kappa shape index (κ1) is 18.6. The number of amides is 1. The number of carbonyl (C=O) groups excluding carboxylic acids is 1. The van der Waals surface area contributed by atoms with Gasteiger partial charge >= 0.3 is 5.97 Å². The fourth-order valence-electron chi connectivity index (χ4n) is 3.39. The number of piperidine rings is 1. The molecule has 0 aromatic carbocycles. The Labute approximate surface area is 156 Å². The second-order valence-electron chi connectivity index (χ2n) is 7.15. The summed E-state index contributed by atoms with van der Waals surface area (Å²) in [6, 6.07) is 1.17. The van der Waals surface area contributed by atoms with E-state index in [1.807, 2.05) is 25.3 Å². The number of hydrogen-bond donors (Lipinski definition) is 2. The van der Waals surface area contributed by atoms with Crippen LogP contribution in [0.15, 0.2) is 17.8 Å². The summed E-state index contributed by atoms with van der Waals surface area (Å²) in [5.74, 6) is -0.340. The number of carbonyl (C=O) groups is 2. The smallest absolute Gasteiger partial charge is 0.326 e. The third kappa shape index (κ3) is 4.12. The molecule has 1 unspecified atom stereocenters. The molecule has 1 amide bonds. The molecule has 2 aromatic heterocycles. The molecule has 2 N–H and O–H groups in total. The average molecular weight is 376 g/mol. The summed E-state index contributed by atoms with van der Waals surface area (Å²) >= 11 is 1.57. The predicted octanol–water partition coefficient (Wildman–Crippen LogP) is 2.52. The zero-order valence-corrected chi connectivity index (χ0v) is 15.8. The topological polar surface area (TPSA) is 95.4 Å². The fraction of sp³-hybridized carbons (Fsp3) is 0.556. The number of anilines is 1. The van der Waals surface area contributed by atoms with Gasteiger partial charge in [-0.25, -0.2) is 14.8 Å². The van der Waals surface area contributed by atoms with Gasteiger partial charge in [-0.2, -0.15) is 0 Å². The number of thiophene rings is 1. The second kappa shape index (κ2) is 7.99. The van der Waals surface area contributed by atoms with Gasteiger partial charge in [0.2, 0.25) is 5.91 Å². The van der Waals surface area contributed by atoms with Crippen molar-refractivity contribution in [3.63, 3.8) is 0 Å². The van der Waals surface area contributed by atoms with Gasteiger partial charge in [0.15, 0.2) is 0 Å². The second-order valence-corrected chi connectivity index (χ2v) is 8.05. The Morgan fingerprint density at radius 2 is 2.23 bits per heavy atom. The lowest BCUT2D eigenvalue weighted by atomic mass is 9.95. The molecule has 1 aliphatic heterocycles. The predicted molar refractivity (Wildman–Crippen MR) is 101 cm³/mol. The molecule has 140 valence electrons. The van der Waals surface area contributed by atoms with Crippen LogP contribution in [0.3, 0.4) is 0 Å². The highest BCUT2D eigenvalue weighted by Crippen LogP contribution is 2.30. The summed E-state index contributed by atoms with van der Waals surface area (Å²) in [5, 5.41) is 15.1. The maximum atomic E-state index is 12.7. The van der Waals surface area contributed by atoms with E-state index in [2.05, 4.69) is 20.2 Å². The lowest BCUT2D eigenvalue weighted by molar-refractivity contribution is -0.143. The van der Waals surface area contributed by atoms with E-state index in [-0.39, 0.29) is 17.7 Å². The number of aromatic nitrogens is 2. The molecule has 0 bridgehead atoms. The molecule has 0 saturated carbocycles. The molecule has 0 spiro atoms. The van der Waals surface area contributed by atoms with Crippen LogP contribution in [0, 0.1) is 11.8 Å². The summed E-state index contributed by atoms with van der Waals surface area (Å²) in [5.41, 5.74) is 0. The van der Waals surface area contributed by atoms with Crippen LogP contribution in [0.25, 0.3) is 10.2 Å². The van der Waals surface area contributed by atoms with E-state index >= 15 is 0 Å². The minimum Gasteiger partial charge on any atom is -0.480 e. The van der Waals surface area contributed by atoms with Gasteiger partial charge in [-0.15, -0.1) is 11.3 Å². The molecule has 8 heteroatoms. The largest absolute Gasteiger partial charge is 0.480 e. The van der Waals surface area contributed by atoms with Gasteiger partial charge in [-0.3, -0.25) is 4.79 Å². The minimum atomic E-state index is -0.976. The van der Waals surface area contributed by atoms with E-state index in [0.29, 0.717) is 13.0 Å². The summed E-state index contributed by atoms with van der Waals surface area (Å²) in [4.78, 5) is 35.8. The van der Waals surface area contributed by atoms with Crippen molar-refractivity contribution in [1.82, 2.24) is 15.3 Å². The fourth-order valence-corrected chi connectivity index (χ4v) is 4.12. The highest BCUT2D eigenvalue weighted by atomic mass is 32.1. The lowest BCUT2D eigenvalue weighted by Crippen LogP contribution is -2.48. The van der Waals surface area contributed by atoms with Crippen LogP contribution in [0.1, 0.15) is 33.1 Å². The van der Waals surface area contributed by atoms with Crippen molar-refractivity contribution in [1.29, 1.82) is 0 Å². The number of nitrogens with zero attached hydrogens (tertiary/aromatic N) is 3. The van der Waals surface area contributed by atoms with Crippen molar-refractivity contribution in [2.75, 3.05) is 18.0 Å². The normalized spacial score (nSPS) is 18.9. The van der Waals surface area contributed by atoms with E-state index in [9.17, 15) is 14.7 Å². The summed E-state index contributed by atoms with van der Waals surface area (Å²) in [6.07, 6.45) is 3.61. The SMILES string of the molecule is CC(C)C[C@@H](NC(=O)C1CCCN(c2ncnc3sccc23)C1)C(=O)O. The molecular weight excluding hydrogens is 352 g/mol. The van der Waals surface area contributed by atoms with Crippen molar-refractivity contribution in [3.05, 3.63) is 17.8 Å². The van der Waals surface area contributed by atoms with Crippen LogP contribution in [0.2, 0.25) is 0 Å². The van der Waals surface area contributed by atoms with E-state index in [1.54, 1.807) is 17.7 Å². The van der Waals surface area contributed by atoms with Gasteiger partial charge in [-0.05, 0) is 36.6 Å². The number of hydrogen-bond acceptors (Lipinski definition) is 6. The summed E-state index contributed by atoms with van der Waals surface area (Å²) in [6.45, 7) is 5.28. The minimum absolute atomic E-state index is 0.182. The molecule has 26 heavy (non-hydrogen) atoms. The van der Waals surface area contributed by atoms with Crippen molar-refractivity contribution >= 4 is 39.2 Å². The van der Waals surface area contributed by atoms with Crippen LogP contribution in [0.5, 0.6) is 0 Å². The first-order valence-electron chi connectivity index (χ1n) is 8.92. The van der Waals surface area contributed by atoms with Gasteiger partial charge in [0, 0.05) is 13.1 Å². The molecule has 3 rings (SSSR count). The molecule has 2 aromatic rings. The molecule has 0 radical (unpaired) electrons. The van der Waals surface area contributed by atoms with E-state index in [1.165, 1.54) is 0 Å². The highest BCUT2D eigenvalue weighted by Gasteiger charge is 2.30. The Balaban J connectivity index is 1.70. The monoisotopic (exact) mass is 376 g/mol. The first-order chi connectivity index (χ1) is 12.5. The number of nitrogens with one attached hydrogen (secondary N) is 1. The zero-order chi connectivity index (χ0) is 18.7. The van der Waals surface area contributed by atoms with Crippen LogP contribution in [0.4, 0.5) is 5.82 Å². The molecule has 2 atom stereocenters. The molecule has 7 nitrogen and oxygen atoms in total. The lowest BCUT2D eigenvalue weighted by Gasteiger charge is -2.33. The summed E-state index contributed by atoms with van der Waals surface area (Å²) in [7, 11) is 0. The average Bonchev–Trinajstić information content (AvgIpc) is 3.09. The molecule has 3 heterocycles. The number of rotatable bonds is 6. The summed E-state index contributed by atoms with van der Waals surface area (Å²) < 4.78 is 0. The Morgan fingerprint density at radius 1 is 1.42 bits per heavy atom. The van der Waals surface area contributed by atoms with Crippen molar-refractivity contribution in [2.24, 2.45) is 11.8 Å². The van der Waals surface area contributed by atoms with Crippen LogP contribution >= 0.6 is 11.3 Å². The van der Waals surface area contributed by atoms with Gasteiger partial charge in [-0.1, -0.05) is 13.8 Å².